The van der Waals surface area contributed by atoms with Gasteiger partial charge in [-0.2, -0.15) is 5.10 Å². The van der Waals surface area contributed by atoms with Crippen LogP contribution in [-0.4, -0.2) is 54.3 Å². The highest BCUT2D eigenvalue weighted by Gasteiger charge is 2.55. The summed E-state index contributed by atoms with van der Waals surface area (Å²) in [5, 5.41) is 23.7. The number of aryl methyl sites for hydroxylation is 1. The van der Waals surface area contributed by atoms with Crippen LogP contribution in [0, 0.1) is 6.92 Å². The number of aromatic amines is 1. The molecule has 1 saturated heterocycles. The Bertz CT molecular complexity index is 754. The highest BCUT2D eigenvalue weighted by Crippen LogP contribution is 2.43. The summed E-state index contributed by atoms with van der Waals surface area (Å²) in [5.74, 6) is 0.342. The zero-order valence-corrected chi connectivity index (χ0v) is 12.2. The van der Waals surface area contributed by atoms with Crippen molar-refractivity contribution in [3.05, 3.63) is 28.1 Å². The minimum absolute atomic E-state index is 0.0175. The van der Waals surface area contributed by atoms with Crippen LogP contribution < -0.4 is 5.56 Å². The third-order valence-corrected chi connectivity index (χ3v) is 4.16. The Morgan fingerprint density at radius 2 is 2.32 bits per heavy atom. The van der Waals surface area contributed by atoms with Crippen molar-refractivity contribution in [2.75, 3.05) is 6.61 Å². The maximum Gasteiger partial charge on any atom is 0.294 e. The number of aliphatic hydroxyl groups is 2. The highest BCUT2D eigenvalue weighted by molar-refractivity contribution is 5.37. The van der Waals surface area contributed by atoms with Gasteiger partial charge in [-0.25, -0.2) is 13.9 Å². The normalized spacial score (nSPS) is 32.0. The molecule has 0 radical (unpaired) electrons. The SMILES string of the molecule is CC[C@]1(CO)O[C@@H](c2cnc3c(=O)[nH]c(C)nn23)[C@H](F)[C@@H]1O. The summed E-state index contributed by atoms with van der Waals surface area (Å²) in [4.78, 5) is 18.2. The minimum Gasteiger partial charge on any atom is -0.393 e. The van der Waals surface area contributed by atoms with E-state index in [1.165, 1.54) is 10.7 Å². The van der Waals surface area contributed by atoms with Gasteiger partial charge in [0.25, 0.3) is 5.56 Å². The van der Waals surface area contributed by atoms with Crippen molar-refractivity contribution >= 4 is 5.65 Å². The maximum absolute atomic E-state index is 14.5. The molecule has 0 aromatic carbocycles. The molecule has 1 aliphatic heterocycles. The number of aromatic nitrogens is 4. The van der Waals surface area contributed by atoms with Crippen LogP contribution in [0.15, 0.2) is 11.0 Å². The molecule has 1 fully saturated rings. The van der Waals surface area contributed by atoms with Crippen LogP contribution in [-0.2, 0) is 4.74 Å². The van der Waals surface area contributed by atoms with Crippen molar-refractivity contribution in [2.45, 2.75) is 44.2 Å². The number of halogens is 1. The molecule has 4 atom stereocenters. The lowest BCUT2D eigenvalue weighted by atomic mass is 9.93. The Morgan fingerprint density at radius 1 is 1.59 bits per heavy atom. The summed E-state index contributed by atoms with van der Waals surface area (Å²) in [5.41, 5.74) is -1.58. The Labute approximate surface area is 124 Å². The largest absolute Gasteiger partial charge is 0.393 e. The molecule has 2 aromatic rings. The predicted octanol–water partition coefficient (Wildman–Crippen LogP) is -0.363. The third-order valence-electron chi connectivity index (χ3n) is 4.16. The summed E-state index contributed by atoms with van der Waals surface area (Å²) >= 11 is 0. The van der Waals surface area contributed by atoms with Crippen molar-refractivity contribution in [1.82, 2.24) is 19.6 Å². The van der Waals surface area contributed by atoms with Gasteiger partial charge >= 0.3 is 0 Å². The van der Waals surface area contributed by atoms with Crippen LogP contribution in [0.25, 0.3) is 5.65 Å². The fraction of sp³-hybridized carbons (Fsp3) is 0.615. The van der Waals surface area contributed by atoms with E-state index >= 15 is 0 Å². The number of ether oxygens (including phenoxy) is 1. The molecular weight excluding hydrogens is 295 g/mol. The Kier molecular flexibility index (Phi) is 3.50. The van der Waals surface area contributed by atoms with Gasteiger partial charge in [-0.15, -0.1) is 0 Å². The van der Waals surface area contributed by atoms with E-state index in [1.807, 2.05) is 0 Å². The summed E-state index contributed by atoms with van der Waals surface area (Å²) in [6, 6.07) is 0. The Morgan fingerprint density at radius 3 is 2.91 bits per heavy atom. The van der Waals surface area contributed by atoms with Gasteiger partial charge in [0.05, 0.1) is 18.5 Å². The Hall–Kier alpha value is -1.84. The number of H-pyrrole nitrogens is 1. The molecule has 120 valence electrons. The lowest BCUT2D eigenvalue weighted by molar-refractivity contribution is -0.115. The van der Waals surface area contributed by atoms with Crippen molar-refractivity contribution < 1.29 is 19.3 Å². The fourth-order valence-corrected chi connectivity index (χ4v) is 2.81. The zero-order chi connectivity index (χ0) is 16.1. The lowest BCUT2D eigenvalue weighted by Crippen LogP contribution is -2.44. The van der Waals surface area contributed by atoms with E-state index in [2.05, 4.69) is 15.1 Å². The molecule has 9 heteroatoms. The number of imidazole rings is 1. The smallest absolute Gasteiger partial charge is 0.294 e. The molecule has 2 aromatic heterocycles. The van der Waals surface area contributed by atoms with Crippen LogP contribution in [0.4, 0.5) is 4.39 Å². The molecular formula is C13H17FN4O4. The van der Waals surface area contributed by atoms with Gasteiger partial charge in [-0.3, -0.25) is 4.79 Å². The highest BCUT2D eigenvalue weighted by atomic mass is 19.1. The van der Waals surface area contributed by atoms with Gasteiger partial charge < -0.3 is 19.9 Å². The van der Waals surface area contributed by atoms with Crippen molar-refractivity contribution in [1.29, 1.82) is 0 Å². The molecule has 3 rings (SSSR count). The second kappa shape index (κ2) is 5.11. The first kappa shape index (κ1) is 15.1. The number of hydrogen-bond acceptors (Lipinski definition) is 6. The molecule has 0 aliphatic carbocycles. The standard InChI is InChI=1S/C13H17FN4O4/c1-3-13(5-19)10(20)8(14)9(22-13)7-4-15-11-12(21)16-6(2)17-18(7)11/h4,8-10,19-20H,3,5H2,1-2H3,(H,16,17,21)/t8-,9-,10-,13+/m0/s1. The second-order valence-electron chi connectivity index (χ2n) is 5.46. The fourth-order valence-electron chi connectivity index (χ4n) is 2.81. The first-order valence-electron chi connectivity index (χ1n) is 6.99. The van der Waals surface area contributed by atoms with Crippen LogP contribution >= 0.6 is 0 Å². The van der Waals surface area contributed by atoms with Gasteiger partial charge in [0.15, 0.2) is 6.17 Å². The van der Waals surface area contributed by atoms with Crippen molar-refractivity contribution in [3.8, 4) is 0 Å². The van der Waals surface area contributed by atoms with Gasteiger partial charge in [0.2, 0.25) is 5.65 Å². The van der Waals surface area contributed by atoms with Crippen LogP contribution in [0.3, 0.4) is 0 Å². The summed E-state index contributed by atoms with van der Waals surface area (Å²) in [7, 11) is 0. The molecule has 0 unspecified atom stereocenters. The van der Waals surface area contributed by atoms with E-state index in [-0.39, 0.29) is 17.8 Å². The van der Waals surface area contributed by atoms with E-state index in [0.717, 1.165) is 0 Å². The number of aliphatic hydroxyl groups excluding tert-OH is 2. The zero-order valence-electron chi connectivity index (χ0n) is 12.2. The minimum atomic E-state index is -1.76. The molecule has 0 saturated carbocycles. The van der Waals surface area contributed by atoms with Crippen LogP contribution in [0.2, 0.25) is 0 Å². The van der Waals surface area contributed by atoms with Crippen molar-refractivity contribution in [2.24, 2.45) is 0 Å². The van der Waals surface area contributed by atoms with Crippen molar-refractivity contribution in [3.63, 3.8) is 0 Å². The maximum atomic E-state index is 14.5. The predicted molar refractivity (Wildman–Crippen MR) is 73.2 cm³/mol. The first-order chi connectivity index (χ1) is 10.4. The van der Waals surface area contributed by atoms with Gasteiger partial charge in [0, 0.05) is 0 Å². The number of nitrogens with one attached hydrogen (secondary N) is 1. The summed E-state index contributed by atoms with van der Waals surface area (Å²) in [6.07, 6.45) is -2.85. The Balaban J connectivity index is 2.11. The quantitative estimate of drug-likeness (QED) is 0.713. The number of rotatable bonds is 3. The molecule has 3 N–H and O–H groups in total. The van der Waals surface area contributed by atoms with Gasteiger partial charge in [-0.05, 0) is 13.3 Å². The van der Waals surface area contributed by atoms with Gasteiger partial charge in [-0.1, -0.05) is 6.92 Å². The van der Waals surface area contributed by atoms with E-state index in [4.69, 9.17) is 4.74 Å². The topological polar surface area (TPSA) is 113 Å². The first-order valence-corrected chi connectivity index (χ1v) is 6.99. The van der Waals surface area contributed by atoms with E-state index < -0.39 is 36.1 Å². The average Bonchev–Trinajstić information content (AvgIpc) is 3.01. The summed E-state index contributed by atoms with van der Waals surface area (Å²) < 4.78 is 21.3. The second-order valence-corrected chi connectivity index (χ2v) is 5.46. The van der Waals surface area contributed by atoms with E-state index in [9.17, 15) is 19.4 Å². The number of nitrogens with zero attached hydrogens (tertiary/aromatic N) is 3. The third kappa shape index (κ3) is 1.97. The van der Waals surface area contributed by atoms with Crippen LogP contribution in [0.5, 0.6) is 0 Å². The van der Waals surface area contributed by atoms with Crippen LogP contribution in [0.1, 0.15) is 31.0 Å². The molecule has 1 aliphatic rings. The number of hydrogen-bond donors (Lipinski definition) is 3. The molecule has 3 heterocycles. The molecule has 0 amide bonds. The van der Waals surface area contributed by atoms with E-state index in [1.54, 1.807) is 13.8 Å². The van der Waals surface area contributed by atoms with E-state index in [0.29, 0.717) is 5.82 Å². The molecule has 0 spiro atoms. The lowest BCUT2D eigenvalue weighted by Gasteiger charge is -2.28. The average molecular weight is 312 g/mol. The summed E-state index contributed by atoms with van der Waals surface area (Å²) in [6.45, 7) is 2.77. The molecule has 22 heavy (non-hydrogen) atoms. The van der Waals surface area contributed by atoms with Gasteiger partial charge in [0.1, 0.15) is 23.6 Å². The molecule has 8 nitrogen and oxygen atoms in total. The number of alkyl halides is 1. The molecule has 0 bridgehead atoms. The monoisotopic (exact) mass is 312 g/mol. The number of fused-ring (bicyclic) bond motifs is 1.